The summed E-state index contributed by atoms with van der Waals surface area (Å²) in [5.41, 5.74) is 0.597. The molecule has 2 amide bonds. The number of hydrogen-bond donors (Lipinski definition) is 1. The van der Waals surface area contributed by atoms with Crippen molar-refractivity contribution in [3.8, 4) is 5.75 Å². The molecule has 1 aromatic carbocycles. The smallest absolute Gasteiger partial charge is 0.248 e. The standard InChI is InChI=1S/C21H25N3O5/c1-14-13-19(23-29-14)22-21(27)17-5-4-12-24(17)20(26)7-3-6-18(25)15-8-10-16(28-2)11-9-15/h8-11,13,17H,3-7,12H2,1-2H3,(H,22,23,27)/t17-/m0/s1. The van der Waals surface area contributed by atoms with Gasteiger partial charge in [0.25, 0.3) is 0 Å². The van der Waals surface area contributed by atoms with Gasteiger partial charge in [0, 0.05) is 31.0 Å². The summed E-state index contributed by atoms with van der Waals surface area (Å²) in [4.78, 5) is 39.0. The molecule has 1 saturated heterocycles. The average molecular weight is 399 g/mol. The van der Waals surface area contributed by atoms with Gasteiger partial charge in [-0.15, -0.1) is 0 Å². The zero-order valence-corrected chi connectivity index (χ0v) is 16.6. The van der Waals surface area contributed by atoms with Gasteiger partial charge in [-0.25, -0.2) is 0 Å². The van der Waals surface area contributed by atoms with Crippen molar-refractivity contribution in [3.05, 3.63) is 41.7 Å². The van der Waals surface area contributed by atoms with Crippen molar-refractivity contribution in [2.24, 2.45) is 0 Å². The third-order valence-corrected chi connectivity index (χ3v) is 4.96. The summed E-state index contributed by atoms with van der Waals surface area (Å²) in [5, 5.41) is 6.44. The van der Waals surface area contributed by atoms with Gasteiger partial charge in [-0.1, -0.05) is 5.16 Å². The molecule has 1 N–H and O–H groups in total. The summed E-state index contributed by atoms with van der Waals surface area (Å²) in [6.07, 6.45) is 2.33. The number of carbonyl (C=O) groups is 3. The predicted molar refractivity (Wildman–Crippen MR) is 106 cm³/mol. The van der Waals surface area contributed by atoms with E-state index in [1.807, 2.05) is 0 Å². The van der Waals surface area contributed by atoms with Crippen LogP contribution in [0.15, 0.2) is 34.9 Å². The molecule has 1 atom stereocenters. The van der Waals surface area contributed by atoms with Crippen LogP contribution in [0.3, 0.4) is 0 Å². The number of aryl methyl sites for hydroxylation is 1. The highest BCUT2D eigenvalue weighted by molar-refractivity contribution is 5.97. The number of likely N-dealkylation sites (tertiary alicyclic amines) is 1. The van der Waals surface area contributed by atoms with E-state index in [0.29, 0.717) is 42.3 Å². The third kappa shape index (κ3) is 5.22. The van der Waals surface area contributed by atoms with Crippen molar-refractivity contribution in [2.75, 3.05) is 19.0 Å². The highest BCUT2D eigenvalue weighted by Gasteiger charge is 2.34. The molecular weight excluding hydrogens is 374 g/mol. The molecule has 2 aromatic rings. The minimum atomic E-state index is -0.517. The lowest BCUT2D eigenvalue weighted by Gasteiger charge is -2.23. The maximum Gasteiger partial charge on any atom is 0.248 e. The molecule has 8 nitrogen and oxygen atoms in total. The minimum absolute atomic E-state index is 0.0161. The lowest BCUT2D eigenvalue weighted by Crippen LogP contribution is -2.43. The van der Waals surface area contributed by atoms with E-state index in [9.17, 15) is 14.4 Å². The van der Waals surface area contributed by atoms with Crippen molar-refractivity contribution in [1.82, 2.24) is 10.1 Å². The number of benzene rings is 1. The molecule has 0 aliphatic carbocycles. The fraction of sp³-hybridized carbons (Fsp3) is 0.429. The third-order valence-electron chi connectivity index (χ3n) is 4.96. The second-order valence-electron chi connectivity index (χ2n) is 7.06. The van der Waals surface area contributed by atoms with Gasteiger partial charge in [-0.2, -0.15) is 0 Å². The van der Waals surface area contributed by atoms with Crippen LogP contribution >= 0.6 is 0 Å². The highest BCUT2D eigenvalue weighted by atomic mass is 16.5. The zero-order valence-electron chi connectivity index (χ0n) is 16.6. The largest absolute Gasteiger partial charge is 0.497 e. The number of nitrogens with zero attached hydrogens (tertiary/aromatic N) is 2. The summed E-state index contributed by atoms with van der Waals surface area (Å²) in [6.45, 7) is 2.28. The van der Waals surface area contributed by atoms with Gasteiger partial charge in [0.05, 0.1) is 7.11 Å². The van der Waals surface area contributed by atoms with E-state index in [2.05, 4.69) is 10.5 Å². The van der Waals surface area contributed by atoms with E-state index in [4.69, 9.17) is 9.26 Å². The maximum atomic E-state index is 12.6. The second-order valence-corrected chi connectivity index (χ2v) is 7.06. The number of carbonyl (C=O) groups excluding carboxylic acids is 3. The molecule has 1 aliphatic heterocycles. The first-order valence-electron chi connectivity index (χ1n) is 9.69. The summed E-state index contributed by atoms with van der Waals surface area (Å²) >= 11 is 0. The normalized spacial score (nSPS) is 15.9. The molecule has 1 aromatic heterocycles. The molecule has 1 aliphatic rings. The Morgan fingerprint density at radius 2 is 2.00 bits per heavy atom. The van der Waals surface area contributed by atoms with Gasteiger partial charge >= 0.3 is 0 Å². The lowest BCUT2D eigenvalue weighted by molar-refractivity contribution is -0.136. The van der Waals surface area contributed by atoms with Crippen molar-refractivity contribution in [3.63, 3.8) is 0 Å². The topological polar surface area (TPSA) is 102 Å². The first kappa shape index (κ1) is 20.6. The van der Waals surface area contributed by atoms with Gasteiger partial charge in [0.1, 0.15) is 17.6 Å². The SMILES string of the molecule is COc1ccc(C(=O)CCCC(=O)N2CCC[C@H]2C(=O)Nc2cc(C)on2)cc1. The van der Waals surface area contributed by atoms with Crippen LogP contribution in [0.4, 0.5) is 5.82 Å². The molecule has 3 rings (SSSR count). The number of nitrogens with one attached hydrogen (secondary N) is 1. The highest BCUT2D eigenvalue weighted by Crippen LogP contribution is 2.21. The molecule has 0 unspecified atom stereocenters. The van der Waals surface area contributed by atoms with Crippen LogP contribution in [0.25, 0.3) is 0 Å². The number of rotatable bonds is 8. The number of ether oxygens (including phenoxy) is 1. The fourth-order valence-electron chi connectivity index (χ4n) is 3.44. The molecule has 1 fully saturated rings. The molecule has 29 heavy (non-hydrogen) atoms. The van der Waals surface area contributed by atoms with Crippen molar-refractivity contribution < 1.29 is 23.6 Å². The Kier molecular flexibility index (Phi) is 6.64. The van der Waals surface area contributed by atoms with Crippen LogP contribution in [0.1, 0.15) is 48.2 Å². The summed E-state index contributed by atoms with van der Waals surface area (Å²) in [5.74, 6) is 1.24. The number of hydrogen-bond acceptors (Lipinski definition) is 6. The molecule has 0 radical (unpaired) electrons. The van der Waals surface area contributed by atoms with Gasteiger partial charge < -0.3 is 19.5 Å². The molecule has 0 spiro atoms. The quantitative estimate of drug-likeness (QED) is 0.685. The van der Waals surface area contributed by atoms with Gasteiger partial charge in [-0.3, -0.25) is 14.4 Å². The Morgan fingerprint density at radius 3 is 2.66 bits per heavy atom. The van der Waals surface area contributed by atoms with E-state index in [1.54, 1.807) is 49.3 Å². The van der Waals surface area contributed by atoms with Crippen molar-refractivity contribution in [2.45, 2.75) is 45.1 Å². The summed E-state index contributed by atoms with van der Waals surface area (Å²) in [7, 11) is 1.57. The van der Waals surface area contributed by atoms with Crippen LogP contribution in [0, 0.1) is 6.92 Å². The van der Waals surface area contributed by atoms with E-state index >= 15 is 0 Å². The van der Waals surface area contributed by atoms with Crippen LogP contribution in [-0.4, -0.2) is 47.4 Å². The number of aromatic nitrogens is 1. The second kappa shape index (κ2) is 9.36. The summed E-state index contributed by atoms with van der Waals surface area (Å²) in [6, 6.07) is 8.02. The number of methoxy groups -OCH3 is 1. The Labute approximate surface area is 169 Å². The zero-order chi connectivity index (χ0) is 20.8. The number of anilines is 1. The maximum absolute atomic E-state index is 12.6. The van der Waals surface area contributed by atoms with E-state index in [-0.39, 0.29) is 30.4 Å². The van der Waals surface area contributed by atoms with Gasteiger partial charge in [0.15, 0.2) is 11.6 Å². The van der Waals surface area contributed by atoms with E-state index < -0.39 is 6.04 Å². The van der Waals surface area contributed by atoms with E-state index in [0.717, 1.165) is 6.42 Å². The molecule has 8 heteroatoms. The Balaban J connectivity index is 1.48. The Hall–Kier alpha value is -3.16. The monoisotopic (exact) mass is 399 g/mol. The van der Waals surface area contributed by atoms with Crippen LogP contribution < -0.4 is 10.1 Å². The van der Waals surface area contributed by atoms with Crippen molar-refractivity contribution in [1.29, 1.82) is 0 Å². The molecular formula is C21H25N3O5. The molecule has 0 saturated carbocycles. The van der Waals surface area contributed by atoms with Gasteiger partial charge in [-0.05, 0) is 50.5 Å². The summed E-state index contributed by atoms with van der Waals surface area (Å²) < 4.78 is 10.0. The molecule has 0 bridgehead atoms. The average Bonchev–Trinajstić information content (AvgIpc) is 3.37. The van der Waals surface area contributed by atoms with Crippen molar-refractivity contribution >= 4 is 23.4 Å². The van der Waals surface area contributed by atoms with E-state index in [1.165, 1.54) is 0 Å². The number of ketones is 1. The van der Waals surface area contributed by atoms with Crippen LogP contribution in [0.2, 0.25) is 0 Å². The Bertz CT molecular complexity index is 875. The fourth-order valence-corrected chi connectivity index (χ4v) is 3.44. The first-order valence-corrected chi connectivity index (χ1v) is 9.69. The first-order chi connectivity index (χ1) is 14.0. The lowest BCUT2D eigenvalue weighted by atomic mass is 10.0. The van der Waals surface area contributed by atoms with Crippen LogP contribution in [0.5, 0.6) is 5.75 Å². The molecule has 2 heterocycles. The molecule has 154 valence electrons. The van der Waals surface area contributed by atoms with Gasteiger partial charge in [0.2, 0.25) is 11.8 Å². The minimum Gasteiger partial charge on any atom is -0.497 e. The number of amides is 2. The Morgan fingerprint density at radius 1 is 1.24 bits per heavy atom. The predicted octanol–water partition coefficient (Wildman–Crippen LogP) is 2.97. The van der Waals surface area contributed by atoms with Crippen LogP contribution in [-0.2, 0) is 9.59 Å². The number of Topliss-reactive ketones (excluding diaryl/α,β-unsaturated/α-hetero) is 1.